The Morgan fingerprint density at radius 2 is 1.96 bits per heavy atom. The number of aryl methyl sites for hydroxylation is 2. The van der Waals surface area contributed by atoms with Crippen LogP contribution in [-0.2, 0) is 19.9 Å². The van der Waals surface area contributed by atoms with Crippen molar-refractivity contribution in [3.8, 4) is 0 Å². The van der Waals surface area contributed by atoms with Crippen LogP contribution >= 0.6 is 0 Å². The van der Waals surface area contributed by atoms with Crippen LogP contribution in [0.1, 0.15) is 37.3 Å². The summed E-state index contributed by atoms with van der Waals surface area (Å²) >= 11 is 0. The molecule has 23 heavy (non-hydrogen) atoms. The molecule has 0 aromatic heterocycles. The van der Waals surface area contributed by atoms with Gasteiger partial charge in [-0.25, -0.2) is 16.8 Å². The predicted octanol–water partition coefficient (Wildman–Crippen LogP) is 2.28. The molecule has 1 aromatic carbocycles. The lowest BCUT2D eigenvalue weighted by atomic mass is 10.2. The topological polar surface area (TPSA) is 71.5 Å². The van der Waals surface area contributed by atoms with Gasteiger partial charge in [-0.15, -0.1) is 0 Å². The maximum atomic E-state index is 13.1. The van der Waals surface area contributed by atoms with Gasteiger partial charge in [-0.3, -0.25) is 0 Å². The molecule has 0 amide bonds. The molecule has 0 aliphatic carbocycles. The average molecular weight is 360 g/mol. The highest BCUT2D eigenvalue weighted by molar-refractivity contribution is 7.92. The van der Waals surface area contributed by atoms with Crippen LogP contribution < -0.4 is 0 Å². The van der Waals surface area contributed by atoms with Crippen molar-refractivity contribution in [3.63, 3.8) is 0 Å². The summed E-state index contributed by atoms with van der Waals surface area (Å²) in [6, 6.07) is 4.90. The minimum atomic E-state index is -3.69. The molecule has 130 valence electrons. The molecule has 1 heterocycles. The molecule has 0 unspecified atom stereocenters. The highest BCUT2D eigenvalue weighted by Gasteiger charge is 2.38. The second-order valence-electron chi connectivity index (χ2n) is 6.30. The highest BCUT2D eigenvalue weighted by Crippen LogP contribution is 2.27. The van der Waals surface area contributed by atoms with E-state index >= 15 is 0 Å². The average Bonchev–Trinajstić information content (AvgIpc) is 2.81. The van der Waals surface area contributed by atoms with E-state index < -0.39 is 25.9 Å². The van der Waals surface area contributed by atoms with Gasteiger partial charge < -0.3 is 0 Å². The molecule has 0 N–H and O–H groups in total. The van der Waals surface area contributed by atoms with Gasteiger partial charge in [0.25, 0.3) is 0 Å². The lowest BCUT2D eigenvalue weighted by Crippen LogP contribution is -2.42. The second kappa shape index (κ2) is 6.91. The minimum Gasteiger partial charge on any atom is -0.229 e. The Bertz CT molecular complexity index is 769. The molecule has 1 aromatic rings. The summed E-state index contributed by atoms with van der Waals surface area (Å²) in [6.07, 6.45) is 1.97. The van der Waals surface area contributed by atoms with E-state index in [2.05, 4.69) is 0 Å². The van der Waals surface area contributed by atoms with Gasteiger partial charge in [-0.05, 0) is 43.9 Å². The number of sulfone groups is 1. The highest BCUT2D eigenvalue weighted by atomic mass is 32.2. The Morgan fingerprint density at radius 1 is 1.26 bits per heavy atom. The normalized spacial score (nSPS) is 21.0. The first-order valence-electron chi connectivity index (χ1n) is 7.97. The van der Waals surface area contributed by atoms with Crippen molar-refractivity contribution < 1.29 is 16.8 Å². The first-order chi connectivity index (χ1) is 10.7. The van der Waals surface area contributed by atoms with Gasteiger partial charge in [0.05, 0.1) is 16.4 Å². The summed E-state index contributed by atoms with van der Waals surface area (Å²) in [5.74, 6) is 0.00339. The van der Waals surface area contributed by atoms with Crippen LogP contribution in [0.3, 0.4) is 0 Å². The fourth-order valence-electron chi connectivity index (χ4n) is 2.93. The van der Waals surface area contributed by atoms with Gasteiger partial charge in [0.1, 0.15) is 0 Å². The number of nitrogens with zero attached hydrogens (tertiary/aromatic N) is 1. The van der Waals surface area contributed by atoms with E-state index in [1.54, 1.807) is 19.1 Å². The lowest BCUT2D eigenvalue weighted by molar-refractivity contribution is 0.335. The summed E-state index contributed by atoms with van der Waals surface area (Å²) < 4.78 is 51.3. The van der Waals surface area contributed by atoms with E-state index in [0.717, 1.165) is 18.4 Å². The molecule has 2 rings (SSSR count). The molecular formula is C16H25NO4S2. The van der Waals surface area contributed by atoms with Gasteiger partial charge in [0.2, 0.25) is 10.0 Å². The molecule has 5 nitrogen and oxygen atoms in total. The molecular weight excluding hydrogens is 334 g/mol. The largest absolute Gasteiger partial charge is 0.243 e. The molecule has 1 fully saturated rings. The zero-order chi connectivity index (χ0) is 17.3. The van der Waals surface area contributed by atoms with Crippen molar-refractivity contribution in [3.05, 3.63) is 29.3 Å². The van der Waals surface area contributed by atoms with Crippen molar-refractivity contribution in [1.29, 1.82) is 0 Å². The van der Waals surface area contributed by atoms with Crippen LogP contribution in [0, 0.1) is 13.8 Å². The maximum Gasteiger partial charge on any atom is 0.243 e. The first-order valence-corrected chi connectivity index (χ1v) is 11.2. The zero-order valence-electron chi connectivity index (χ0n) is 13.9. The van der Waals surface area contributed by atoms with Crippen molar-refractivity contribution >= 4 is 19.9 Å². The number of unbranched alkanes of at least 4 members (excludes halogenated alkanes) is 1. The van der Waals surface area contributed by atoms with Gasteiger partial charge in [-0.2, -0.15) is 4.31 Å². The SMILES string of the molecule is CCCCN([C@@H]1CCS(=O)(=O)C1)S(=O)(=O)c1cc(C)ccc1C. The standard InChI is InChI=1S/C16H25NO4S2/c1-4-5-9-17(15-8-10-22(18,19)12-15)23(20,21)16-11-13(2)6-7-14(16)3/h6-7,11,15H,4-5,8-10,12H2,1-3H3/t15-/m1/s1. The zero-order valence-corrected chi connectivity index (χ0v) is 15.6. The number of benzene rings is 1. The third-order valence-corrected chi connectivity index (χ3v) is 8.12. The smallest absolute Gasteiger partial charge is 0.229 e. The van der Waals surface area contributed by atoms with Crippen molar-refractivity contribution in [1.82, 2.24) is 4.31 Å². The van der Waals surface area contributed by atoms with Gasteiger partial charge in [0.15, 0.2) is 9.84 Å². The van der Waals surface area contributed by atoms with Crippen LogP contribution in [0.4, 0.5) is 0 Å². The van der Waals surface area contributed by atoms with Gasteiger partial charge >= 0.3 is 0 Å². The molecule has 0 saturated carbocycles. The third-order valence-electron chi connectivity index (χ3n) is 4.28. The summed E-state index contributed by atoms with van der Waals surface area (Å²) in [4.78, 5) is 0.290. The molecule has 1 atom stereocenters. The van der Waals surface area contributed by atoms with Crippen LogP contribution in [0.25, 0.3) is 0 Å². The van der Waals surface area contributed by atoms with Gasteiger partial charge in [-0.1, -0.05) is 25.5 Å². The first kappa shape index (κ1) is 18.4. The van der Waals surface area contributed by atoms with Crippen LogP contribution in [-0.4, -0.2) is 45.2 Å². The fourth-order valence-corrected chi connectivity index (χ4v) is 6.76. The quantitative estimate of drug-likeness (QED) is 0.781. The Hall–Kier alpha value is -0.920. The number of sulfonamides is 1. The van der Waals surface area contributed by atoms with E-state index in [1.807, 2.05) is 19.9 Å². The lowest BCUT2D eigenvalue weighted by Gasteiger charge is -2.28. The summed E-state index contributed by atoms with van der Waals surface area (Å²) in [7, 11) is -6.82. The van der Waals surface area contributed by atoms with Crippen LogP contribution in [0.15, 0.2) is 23.1 Å². The summed E-state index contributed by atoms with van der Waals surface area (Å²) in [5, 5.41) is 0. The maximum absolute atomic E-state index is 13.1. The van der Waals surface area contributed by atoms with E-state index in [0.29, 0.717) is 18.5 Å². The fraction of sp³-hybridized carbons (Fsp3) is 0.625. The van der Waals surface area contributed by atoms with Crippen LogP contribution in [0.2, 0.25) is 0 Å². The monoisotopic (exact) mass is 359 g/mol. The number of hydrogen-bond donors (Lipinski definition) is 0. The molecule has 0 spiro atoms. The van der Waals surface area contributed by atoms with E-state index in [-0.39, 0.29) is 16.4 Å². The Labute approximate surface area is 139 Å². The molecule has 1 aliphatic heterocycles. The number of hydrogen-bond acceptors (Lipinski definition) is 4. The summed E-state index contributed by atoms with van der Waals surface area (Å²) in [5.41, 5.74) is 1.57. The Kier molecular flexibility index (Phi) is 5.53. The molecule has 0 bridgehead atoms. The Morgan fingerprint density at radius 3 is 2.52 bits per heavy atom. The predicted molar refractivity (Wildman–Crippen MR) is 91.8 cm³/mol. The summed E-state index contributed by atoms with van der Waals surface area (Å²) in [6.45, 7) is 5.99. The number of rotatable bonds is 6. The van der Waals surface area contributed by atoms with Crippen molar-refractivity contribution in [2.75, 3.05) is 18.1 Å². The van der Waals surface area contributed by atoms with E-state index in [4.69, 9.17) is 0 Å². The molecule has 7 heteroatoms. The molecule has 1 saturated heterocycles. The molecule has 1 aliphatic rings. The Balaban J connectivity index is 2.43. The van der Waals surface area contributed by atoms with Crippen molar-refractivity contribution in [2.45, 2.75) is 51.0 Å². The van der Waals surface area contributed by atoms with Gasteiger partial charge in [0, 0.05) is 12.6 Å². The minimum absolute atomic E-state index is 0.0686. The van der Waals surface area contributed by atoms with E-state index in [1.165, 1.54) is 4.31 Å². The second-order valence-corrected chi connectivity index (χ2v) is 10.4. The van der Waals surface area contributed by atoms with E-state index in [9.17, 15) is 16.8 Å². The van der Waals surface area contributed by atoms with Crippen molar-refractivity contribution in [2.24, 2.45) is 0 Å². The third kappa shape index (κ3) is 4.14. The molecule has 0 radical (unpaired) electrons. The van der Waals surface area contributed by atoms with Crippen LogP contribution in [0.5, 0.6) is 0 Å².